The predicted molar refractivity (Wildman–Crippen MR) is 87.3 cm³/mol. The van der Waals surface area contributed by atoms with E-state index < -0.39 is 60.0 Å². The van der Waals surface area contributed by atoms with Gasteiger partial charge >= 0.3 is 18.4 Å². The second kappa shape index (κ2) is 8.66. The molecule has 0 unspecified atom stereocenters. The quantitative estimate of drug-likeness (QED) is 0.477. The first-order valence-corrected chi connectivity index (χ1v) is 8.19. The van der Waals surface area contributed by atoms with Crippen LogP contribution in [-0.4, -0.2) is 55.2 Å². The molecule has 1 aromatic carbocycles. The van der Waals surface area contributed by atoms with Gasteiger partial charge in [0.2, 0.25) is 6.23 Å². The van der Waals surface area contributed by atoms with Gasteiger partial charge in [-0.1, -0.05) is 0 Å². The number of carbonyl (C=O) groups excluding carboxylic acids is 1. The maximum Gasteiger partial charge on any atom is 0.433 e. The summed E-state index contributed by atoms with van der Waals surface area (Å²) in [6, 6.07) is 3.34. The molecule has 2 atom stereocenters. The van der Waals surface area contributed by atoms with E-state index in [-0.39, 0.29) is 13.1 Å². The number of benzene rings is 1. The number of nitrogens with one attached hydrogen (secondary N) is 2. The molecule has 1 saturated heterocycles. The van der Waals surface area contributed by atoms with Crippen molar-refractivity contribution in [3.63, 3.8) is 0 Å². The predicted octanol–water partition coefficient (Wildman–Crippen LogP) is 2.05. The molecule has 2 amide bonds. The number of ether oxygens (including phenoxy) is 1. The molecule has 8 nitrogen and oxygen atoms in total. The molecule has 1 aliphatic rings. The van der Waals surface area contributed by atoms with Gasteiger partial charge in [0.25, 0.3) is 5.91 Å². The monoisotopic (exact) mass is 440 g/mol. The number of halogens is 6. The second-order valence-corrected chi connectivity index (χ2v) is 6.03. The summed E-state index contributed by atoms with van der Waals surface area (Å²) in [4.78, 5) is 22.8. The summed E-state index contributed by atoms with van der Waals surface area (Å²) in [5.74, 6) is -0.997. The van der Waals surface area contributed by atoms with Crippen LogP contribution in [0.5, 0.6) is 0 Å². The van der Waals surface area contributed by atoms with Gasteiger partial charge in [0.05, 0.1) is 23.7 Å². The van der Waals surface area contributed by atoms with Crippen LogP contribution in [0.25, 0.3) is 0 Å². The van der Waals surface area contributed by atoms with E-state index in [0.717, 1.165) is 12.1 Å². The topological polar surface area (TPSA) is 115 Å². The Balaban J connectivity index is 2.25. The highest BCUT2D eigenvalue weighted by molar-refractivity contribution is 5.82. The van der Waals surface area contributed by atoms with Crippen LogP contribution >= 0.6 is 0 Å². The Kier molecular flexibility index (Phi) is 6.66. The lowest BCUT2D eigenvalue weighted by molar-refractivity contribution is -0.213. The Morgan fingerprint density at radius 3 is 2.37 bits per heavy atom. The lowest BCUT2D eigenvalue weighted by Crippen LogP contribution is -2.42. The van der Waals surface area contributed by atoms with Crippen molar-refractivity contribution in [3.05, 3.63) is 29.3 Å². The zero-order valence-corrected chi connectivity index (χ0v) is 14.8. The highest BCUT2D eigenvalue weighted by Crippen LogP contribution is 2.39. The van der Waals surface area contributed by atoms with Crippen molar-refractivity contribution in [2.45, 2.75) is 24.7 Å². The summed E-state index contributed by atoms with van der Waals surface area (Å²) in [7, 11) is 0. The summed E-state index contributed by atoms with van der Waals surface area (Å²) < 4.78 is 84.2. The van der Waals surface area contributed by atoms with Crippen molar-refractivity contribution < 1.29 is 45.8 Å². The summed E-state index contributed by atoms with van der Waals surface area (Å²) >= 11 is 0. The third kappa shape index (κ3) is 5.44. The number of hydrogen-bond acceptors (Lipinski definition) is 5. The molecule has 1 fully saturated rings. The maximum absolute atomic E-state index is 13.4. The van der Waals surface area contributed by atoms with Crippen LogP contribution in [-0.2, 0) is 15.7 Å². The van der Waals surface area contributed by atoms with Gasteiger partial charge in [-0.2, -0.15) is 31.6 Å². The zero-order valence-electron chi connectivity index (χ0n) is 14.8. The number of nitriles is 1. The Morgan fingerprint density at radius 2 is 1.83 bits per heavy atom. The third-order valence-electron chi connectivity index (χ3n) is 3.97. The van der Waals surface area contributed by atoms with Crippen molar-refractivity contribution >= 4 is 17.7 Å². The molecule has 0 spiro atoms. The second-order valence-electron chi connectivity index (χ2n) is 6.03. The first kappa shape index (κ1) is 23.1. The first-order valence-electron chi connectivity index (χ1n) is 8.19. The number of anilines is 1. The number of amides is 2. The molecule has 0 radical (unpaired) electrons. The van der Waals surface area contributed by atoms with E-state index in [9.17, 15) is 35.9 Å². The standard InChI is InChI=1S/C16H14F6N4O4/c17-15(18,19)10-5-9(2-1-8(10)6-23)26-7-11(30-13(26)16(20,21)22)12(27)24-3-4-25-14(28)29/h1-2,5,11,13,25H,3-4,7H2,(H,24,27)(H,28,29)/t11-,13+/m0/s1. The molecule has 2 rings (SSSR count). The fourth-order valence-electron chi connectivity index (χ4n) is 2.70. The summed E-state index contributed by atoms with van der Waals surface area (Å²) in [6.07, 6.45) is -15.8. The molecular formula is C16H14F6N4O4. The van der Waals surface area contributed by atoms with Crippen LogP contribution < -0.4 is 15.5 Å². The molecule has 14 heteroatoms. The van der Waals surface area contributed by atoms with Gasteiger partial charge in [-0.25, -0.2) is 4.79 Å². The summed E-state index contributed by atoms with van der Waals surface area (Å²) in [6.45, 7) is -1.17. The van der Waals surface area contributed by atoms with Gasteiger partial charge in [-0.05, 0) is 18.2 Å². The van der Waals surface area contributed by atoms with Gasteiger partial charge in [-0.15, -0.1) is 0 Å². The number of rotatable bonds is 5. The van der Waals surface area contributed by atoms with Crippen LogP contribution in [0, 0.1) is 11.3 Å². The van der Waals surface area contributed by atoms with Crippen molar-refractivity contribution in [1.29, 1.82) is 5.26 Å². The molecule has 0 aromatic heterocycles. The Hall–Kier alpha value is -3.21. The van der Waals surface area contributed by atoms with Gasteiger partial charge in [0.15, 0.2) is 6.10 Å². The van der Waals surface area contributed by atoms with Crippen molar-refractivity contribution in [2.75, 3.05) is 24.5 Å². The Morgan fingerprint density at radius 1 is 1.20 bits per heavy atom. The summed E-state index contributed by atoms with van der Waals surface area (Å²) in [5.41, 5.74) is -2.72. The van der Waals surface area contributed by atoms with Gasteiger partial charge in [0.1, 0.15) is 0 Å². The minimum absolute atomic E-state index is 0.217. The van der Waals surface area contributed by atoms with E-state index in [1.165, 1.54) is 6.07 Å². The largest absolute Gasteiger partial charge is 0.465 e. The average Bonchev–Trinajstić information content (AvgIpc) is 3.09. The average molecular weight is 440 g/mol. The van der Waals surface area contributed by atoms with Crippen molar-refractivity contribution in [3.8, 4) is 6.07 Å². The van der Waals surface area contributed by atoms with E-state index in [2.05, 4.69) is 5.32 Å². The zero-order chi connectivity index (χ0) is 22.7. The Bertz CT molecular complexity index is 852. The molecule has 1 aliphatic heterocycles. The number of alkyl halides is 6. The lowest BCUT2D eigenvalue weighted by Gasteiger charge is -2.27. The van der Waals surface area contributed by atoms with Crippen molar-refractivity contribution in [1.82, 2.24) is 10.6 Å². The van der Waals surface area contributed by atoms with E-state index in [1.807, 2.05) is 5.32 Å². The molecular weight excluding hydrogens is 426 g/mol. The highest BCUT2D eigenvalue weighted by Gasteiger charge is 2.52. The SMILES string of the molecule is N#Cc1ccc(N2C[C@@H](C(=O)NCCNC(=O)O)O[C@@H]2C(F)(F)F)cc1C(F)(F)F. The highest BCUT2D eigenvalue weighted by atomic mass is 19.4. The molecule has 1 aromatic rings. The molecule has 1 heterocycles. The van der Waals surface area contributed by atoms with E-state index in [0.29, 0.717) is 11.0 Å². The molecule has 30 heavy (non-hydrogen) atoms. The van der Waals surface area contributed by atoms with Crippen LogP contribution in [0.15, 0.2) is 18.2 Å². The molecule has 0 bridgehead atoms. The van der Waals surface area contributed by atoms with Gasteiger partial charge < -0.3 is 25.4 Å². The van der Waals surface area contributed by atoms with Gasteiger partial charge in [0, 0.05) is 18.8 Å². The summed E-state index contributed by atoms with van der Waals surface area (Å²) in [5, 5.41) is 21.3. The molecule has 164 valence electrons. The fourth-order valence-corrected chi connectivity index (χ4v) is 2.70. The number of carboxylic acid groups (broad SMARTS) is 1. The Labute approximate surface area is 165 Å². The first-order chi connectivity index (χ1) is 13.8. The number of nitrogens with zero attached hydrogens (tertiary/aromatic N) is 2. The van der Waals surface area contributed by atoms with E-state index >= 15 is 0 Å². The van der Waals surface area contributed by atoms with E-state index in [4.69, 9.17) is 15.1 Å². The molecule has 3 N–H and O–H groups in total. The molecule has 0 aliphatic carbocycles. The number of carbonyl (C=O) groups is 2. The van der Waals surface area contributed by atoms with Crippen LogP contribution in [0.1, 0.15) is 11.1 Å². The fraction of sp³-hybridized carbons (Fsp3) is 0.438. The lowest BCUT2D eigenvalue weighted by atomic mass is 10.1. The van der Waals surface area contributed by atoms with E-state index in [1.54, 1.807) is 0 Å². The van der Waals surface area contributed by atoms with Gasteiger partial charge in [-0.3, -0.25) is 4.79 Å². The van der Waals surface area contributed by atoms with Crippen molar-refractivity contribution in [2.24, 2.45) is 0 Å². The van der Waals surface area contributed by atoms with Crippen LogP contribution in [0.3, 0.4) is 0 Å². The minimum Gasteiger partial charge on any atom is -0.465 e. The van der Waals surface area contributed by atoms with Crippen LogP contribution in [0.2, 0.25) is 0 Å². The number of hydrogen-bond donors (Lipinski definition) is 3. The minimum atomic E-state index is -5.04. The smallest absolute Gasteiger partial charge is 0.433 e. The third-order valence-corrected chi connectivity index (χ3v) is 3.97. The molecule has 0 saturated carbocycles. The maximum atomic E-state index is 13.4. The normalized spacial score (nSPS) is 19.3. The van der Waals surface area contributed by atoms with Crippen LogP contribution in [0.4, 0.5) is 36.8 Å².